The van der Waals surface area contributed by atoms with Gasteiger partial charge in [0, 0.05) is 23.2 Å². The Morgan fingerprint density at radius 3 is 2.95 bits per heavy atom. The van der Waals surface area contributed by atoms with Crippen molar-refractivity contribution in [1.82, 2.24) is 10.2 Å². The summed E-state index contributed by atoms with van der Waals surface area (Å²) in [6, 6.07) is 8.76. The molecule has 0 aromatic heterocycles. The maximum Gasteiger partial charge on any atom is 0.241 e. The van der Waals surface area contributed by atoms with Gasteiger partial charge < -0.3 is 10.2 Å². The van der Waals surface area contributed by atoms with Gasteiger partial charge in [0.1, 0.15) is 0 Å². The number of carbonyl (C=O) groups is 1. The lowest BCUT2D eigenvalue weighted by atomic mass is 10.1. The van der Waals surface area contributed by atoms with Gasteiger partial charge in [-0.25, -0.2) is 0 Å². The zero-order valence-corrected chi connectivity index (χ0v) is 13.4. The molecule has 21 heavy (non-hydrogen) atoms. The Morgan fingerprint density at radius 2 is 2.14 bits per heavy atom. The molecular weight excluding hydrogens is 282 g/mol. The molecule has 1 N–H and O–H groups in total. The van der Waals surface area contributed by atoms with Crippen LogP contribution in [0.25, 0.3) is 0 Å². The summed E-state index contributed by atoms with van der Waals surface area (Å²) in [6.45, 7) is 3.46. The van der Waals surface area contributed by atoms with Gasteiger partial charge >= 0.3 is 0 Å². The number of nitrogens with zero attached hydrogens (tertiary/aromatic N) is 2. The summed E-state index contributed by atoms with van der Waals surface area (Å²) < 4.78 is 0. The number of nitrogens with one attached hydrogen (secondary N) is 1. The molecule has 1 saturated heterocycles. The highest BCUT2D eigenvalue weighted by Gasteiger charge is 2.26. The molecule has 0 atom stereocenters. The zero-order valence-electron chi connectivity index (χ0n) is 12.5. The molecule has 3 rings (SSSR count). The fourth-order valence-electron chi connectivity index (χ4n) is 3.10. The zero-order chi connectivity index (χ0) is 14.7. The number of hydrogen-bond acceptors (Lipinski definition) is 4. The van der Waals surface area contributed by atoms with Crippen LogP contribution in [0.15, 0.2) is 29.2 Å². The number of likely N-dealkylation sites (N-methyl/N-ethyl adjacent to an activating group) is 1. The number of hydrogen-bond donors (Lipinski definition) is 1. The molecule has 4 nitrogen and oxygen atoms in total. The Balaban J connectivity index is 1.66. The molecule has 0 radical (unpaired) electrons. The van der Waals surface area contributed by atoms with Crippen molar-refractivity contribution in [2.45, 2.75) is 23.8 Å². The molecule has 2 aliphatic heterocycles. The van der Waals surface area contributed by atoms with Crippen LogP contribution in [0.5, 0.6) is 0 Å². The topological polar surface area (TPSA) is 35.6 Å². The monoisotopic (exact) mass is 305 g/mol. The summed E-state index contributed by atoms with van der Waals surface area (Å²) in [5.74, 6) is 1.21. The smallest absolute Gasteiger partial charge is 0.241 e. The lowest BCUT2D eigenvalue weighted by Gasteiger charge is -2.34. The lowest BCUT2D eigenvalue weighted by Crippen LogP contribution is -2.47. The van der Waals surface area contributed by atoms with Crippen LogP contribution in [0, 0.1) is 0 Å². The van der Waals surface area contributed by atoms with Gasteiger partial charge in [-0.3, -0.25) is 9.69 Å². The van der Waals surface area contributed by atoms with Gasteiger partial charge in [0.05, 0.1) is 12.2 Å². The van der Waals surface area contributed by atoms with E-state index < -0.39 is 0 Å². The van der Waals surface area contributed by atoms with E-state index in [4.69, 9.17) is 0 Å². The van der Waals surface area contributed by atoms with Crippen LogP contribution >= 0.6 is 11.8 Å². The molecule has 1 fully saturated rings. The molecular formula is C16H23N3OS. The Kier molecular flexibility index (Phi) is 4.83. The molecule has 5 heteroatoms. The summed E-state index contributed by atoms with van der Waals surface area (Å²) in [5.41, 5.74) is 1.08. The van der Waals surface area contributed by atoms with Crippen LogP contribution in [0.3, 0.4) is 0 Å². The fraction of sp³-hybridized carbons (Fsp3) is 0.562. The van der Waals surface area contributed by atoms with Crippen molar-refractivity contribution < 1.29 is 4.79 Å². The van der Waals surface area contributed by atoms with E-state index in [0.717, 1.165) is 43.9 Å². The first-order chi connectivity index (χ1) is 10.3. The maximum absolute atomic E-state index is 12.7. The molecule has 0 spiro atoms. The summed E-state index contributed by atoms with van der Waals surface area (Å²) in [4.78, 5) is 18.1. The molecule has 2 aliphatic rings. The van der Waals surface area contributed by atoms with E-state index >= 15 is 0 Å². The Morgan fingerprint density at radius 1 is 1.38 bits per heavy atom. The highest BCUT2D eigenvalue weighted by atomic mass is 32.2. The van der Waals surface area contributed by atoms with E-state index in [1.165, 1.54) is 4.90 Å². The Labute approximate surface area is 130 Å². The normalized spacial score (nSPS) is 19.6. The first kappa shape index (κ1) is 14.9. The van der Waals surface area contributed by atoms with Crippen molar-refractivity contribution in [2.75, 3.05) is 43.9 Å². The molecule has 1 aromatic carbocycles. The lowest BCUT2D eigenvalue weighted by molar-refractivity contribution is -0.120. The third-order valence-electron chi connectivity index (χ3n) is 4.35. The molecule has 1 amide bonds. The van der Waals surface area contributed by atoms with Crippen LogP contribution < -0.4 is 10.2 Å². The molecule has 0 saturated carbocycles. The van der Waals surface area contributed by atoms with Crippen LogP contribution in [0.1, 0.15) is 12.8 Å². The minimum absolute atomic E-state index is 0.226. The highest BCUT2D eigenvalue weighted by Crippen LogP contribution is 2.34. The number of carbonyl (C=O) groups excluding carboxylic acids is 1. The summed E-state index contributed by atoms with van der Waals surface area (Å²) >= 11 is 1.84. The predicted octanol–water partition coefficient (Wildman–Crippen LogP) is 1.81. The number of rotatable bonds is 3. The van der Waals surface area contributed by atoms with Gasteiger partial charge in [0.25, 0.3) is 0 Å². The molecule has 0 bridgehead atoms. The summed E-state index contributed by atoms with van der Waals surface area (Å²) in [6.07, 6.45) is 2.27. The quantitative estimate of drug-likeness (QED) is 0.924. The largest absolute Gasteiger partial charge is 0.317 e. The van der Waals surface area contributed by atoms with E-state index in [2.05, 4.69) is 29.4 Å². The number of anilines is 1. The molecule has 0 unspecified atom stereocenters. The summed E-state index contributed by atoms with van der Waals surface area (Å²) in [7, 11) is 2.08. The number of para-hydroxylation sites is 1. The van der Waals surface area contributed by atoms with Crippen molar-refractivity contribution >= 4 is 23.4 Å². The van der Waals surface area contributed by atoms with E-state index in [1.807, 2.05) is 28.8 Å². The van der Waals surface area contributed by atoms with Crippen molar-refractivity contribution in [3.8, 4) is 0 Å². The first-order valence-electron chi connectivity index (χ1n) is 7.69. The number of benzene rings is 1. The van der Waals surface area contributed by atoms with Gasteiger partial charge in [-0.15, -0.1) is 11.8 Å². The third-order valence-corrected chi connectivity index (χ3v) is 5.39. The van der Waals surface area contributed by atoms with Crippen LogP contribution in [0.2, 0.25) is 0 Å². The number of thioether (sulfide) groups is 1. The summed E-state index contributed by atoms with van der Waals surface area (Å²) in [5, 5.41) is 3.37. The van der Waals surface area contributed by atoms with Gasteiger partial charge in [0.2, 0.25) is 5.91 Å². The molecule has 2 heterocycles. The van der Waals surface area contributed by atoms with Crippen molar-refractivity contribution in [3.05, 3.63) is 24.3 Å². The minimum Gasteiger partial charge on any atom is -0.317 e. The van der Waals surface area contributed by atoms with Crippen molar-refractivity contribution in [2.24, 2.45) is 0 Å². The second kappa shape index (κ2) is 6.81. The number of fused-ring (bicyclic) bond motifs is 1. The molecule has 0 aliphatic carbocycles. The van der Waals surface area contributed by atoms with Crippen LogP contribution in [0.4, 0.5) is 5.69 Å². The molecule has 1 aromatic rings. The average molecular weight is 305 g/mol. The minimum atomic E-state index is 0.226. The van der Waals surface area contributed by atoms with Crippen molar-refractivity contribution in [3.63, 3.8) is 0 Å². The number of amides is 1. The van der Waals surface area contributed by atoms with Crippen molar-refractivity contribution in [1.29, 1.82) is 0 Å². The Hall–Kier alpha value is -1.04. The Bertz CT molecular complexity index is 502. The van der Waals surface area contributed by atoms with E-state index in [1.54, 1.807) is 0 Å². The fourth-order valence-corrected chi connectivity index (χ4v) is 4.10. The second-order valence-corrected chi connectivity index (χ2v) is 6.89. The van der Waals surface area contributed by atoms with Gasteiger partial charge in [-0.05, 0) is 45.1 Å². The predicted molar refractivity (Wildman–Crippen MR) is 88.0 cm³/mol. The average Bonchev–Trinajstić information content (AvgIpc) is 2.55. The van der Waals surface area contributed by atoms with E-state index in [0.29, 0.717) is 12.6 Å². The van der Waals surface area contributed by atoms with Crippen LogP contribution in [-0.2, 0) is 4.79 Å². The maximum atomic E-state index is 12.7. The van der Waals surface area contributed by atoms with Gasteiger partial charge in [0.15, 0.2) is 0 Å². The second-order valence-electron chi connectivity index (χ2n) is 5.76. The third kappa shape index (κ3) is 3.42. The van der Waals surface area contributed by atoms with E-state index in [-0.39, 0.29) is 5.91 Å². The van der Waals surface area contributed by atoms with Crippen LogP contribution in [-0.4, -0.2) is 55.8 Å². The molecule has 114 valence electrons. The van der Waals surface area contributed by atoms with Gasteiger partial charge in [-0.2, -0.15) is 0 Å². The SMILES string of the molecule is CN(CC(=O)N1CCSc2ccccc21)C1CCNCC1. The first-order valence-corrected chi connectivity index (χ1v) is 8.67. The van der Waals surface area contributed by atoms with E-state index in [9.17, 15) is 4.79 Å². The highest BCUT2D eigenvalue weighted by molar-refractivity contribution is 7.99. The van der Waals surface area contributed by atoms with Gasteiger partial charge in [-0.1, -0.05) is 12.1 Å². The number of piperidine rings is 1. The standard InChI is InChI=1S/C16H23N3OS/c1-18(13-6-8-17-9-7-13)12-16(20)19-10-11-21-15-5-3-2-4-14(15)19/h2-5,13,17H,6-12H2,1H3.